The molecule has 0 saturated heterocycles. The normalized spacial score (nSPS) is 15.7. The minimum Gasteiger partial charge on any atom is -0.496 e. The van der Waals surface area contributed by atoms with Crippen LogP contribution in [0.25, 0.3) is 11.0 Å². The van der Waals surface area contributed by atoms with E-state index in [0.717, 1.165) is 11.0 Å². The topological polar surface area (TPSA) is 100 Å². The molecule has 3 aromatic rings. The van der Waals surface area contributed by atoms with Gasteiger partial charge in [-0.1, -0.05) is 17.3 Å². The summed E-state index contributed by atoms with van der Waals surface area (Å²) in [4.78, 5) is 12.2. The van der Waals surface area contributed by atoms with Gasteiger partial charge in [-0.25, -0.2) is 4.68 Å². The highest BCUT2D eigenvalue weighted by Gasteiger charge is 2.34. The van der Waals surface area contributed by atoms with E-state index in [1.807, 2.05) is 24.3 Å². The zero-order valence-electron chi connectivity index (χ0n) is 17.0. The third-order valence-electron chi connectivity index (χ3n) is 4.73. The van der Waals surface area contributed by atoms with Crippen molar-refractivity contribution in [2.24, 2.45) is 5.10 Å². The zero-order valence-corrected chi connectivity index (χ0v) is 17.0. The highest BCUT2D eigenvalue weighted by Crippen LogP contribution is 2.36. The molecule has 1 unspecified atom stereocenters. The first-order valence-corrected chi connectivity index (χ1v) is 9.19. The number of aromatic nitrogens is 3. The smallest absolute Gasteiger partial charge is 0.244 e. The average Bonchev–Trinajstić information content (AvgIpc) is 3.37. The minimum atomic E-state index is -0.694. The van der Waals surface area contributed by atoms with Crippen LogP contribution in [0.3, 0.4) is 0 Å². The van der Waals surface area contributed by atoms with Crippen LogP contribution < -0.4 is 14.2 Å². The first kappa shape index (κ1) is 19.5. The number of para-hydroxylation sites is 1. The van der Waals surface area contributed by atoms with Crippen molar-refractivity contribution in [3.63, 3.8) is 0 Å². The molecule has 4 rings (SSSR count). The SMILES string of the molecule is COc1cc(OC)c(C2=NN(C(C)=O)C(Cn3nnc4ccccc43)O2)cc1OC. The van der Waals surface area contributed by atoms with Crippen LogP contribution in [0.4, 0.5) is 0 Å². The van der Waals surface area contributed by atoms with Crippen LogP contribution in [0.2, 0.25) is 0 Å². The van der Waals surface area contributed by atoms with Gasteiger partial charge < -0.3 is 18.9 Å². The van der Waals surface area contributed by atoms with Crippen molar-refractivity contribution in [2.45, 2.75) is 19.7 Å². The summed E-state index contributed by atoms with van der Waals surface area (Å²) in [6.07, 6.45) is -0.694. The van der Waals surface area contributed by atoms with Gasteiger partial charge in [-0.05, 0) is 12.1 Å². The lowest BCUT2D eigenvalue weighted by atomic mass is 10.1. The van der Waals surface area contributed by atoms with Gasteiger partial charge in [0.15, 0.2) is 11.5 Å². The van der Waals surface area contributed by atoms with Gasteiger partial charge >= 0.3 is 0 Å². The Kier molecular flexibility index (Phi) is 5.13. The summed E-state index contributed by atoms with van der Waals surface area (Å²) < 4.78 is 23.9. The zero-order chi connectivity index (χ0) is 21.3. The lowest BCUT2D eigenvalue weighted by molar-refractivity contribution is -0.135. The van der Waals surface area contributed by atoms with E-state index in [-0.39, 0.29) is 18.3 Å². The summed E-state index contributed by atoms with van der Waals surface area (Å²) in [6, 6.07) is 10.9. The molecule has 10 nitrogen and oxygen atoms in total. The first-order chi connectivity index (χ1) is 14.5. The van der Waals surface area contributed by atoms with E-state index in [2.05, 4.69) is 15.4 Å². The molecule has 1 aliphatic rings. The molecule has 1 aromatic heterocycles. The van der Waals surface area contributed by atoms with Gasteiger partial charge in [-0.15, -0.1) is 10.2 Å². The van der Waals surface area contributed by atoms with Gasteiger partial charge in [0.05, 0.1) is 32.4 Å². The standard InChI is InChI=1S/C20H21N5O5/c1-12(26)25-19(11-24-15-8-6-5-7-14(15)21-23-24)30-20(22-25)13-9-17(28-3)18(29-4)10-16(13)27-2/h5-10,19H,11H2,1-4H3. The molecule has 0 spiro atoms. The number of fused-ring (bicyclic) bond motifs is 1. The fraction of sp³-hybridized carbons (Fsp3) is 0.300. The van der Waals surface area contributed by atoms with Gasteiger partial charge in [-0.2, -0.15) is 5.01 Å². The van der Waals surface area contributed by atoms with Crippen LogP contribution in [-0.2, 0) is 16.1 Å². The number of hydrogen-bond acceptors (Lipinski definition) is 8. The lowest BCUT2D eigenvalue weighted by Crippen LogP contribution is -2.35. The Hall–Kier alpha value is -3.82. The molecule has 1 amide bonds. The monoisotopic (exact) mass is 411 g/mol. The maximum atomic E-state index is 12.2. The third-order valence-corrected chi connectivity index (χ3v) is 4.73. The van der Waals surface area contributed by atoms with Crippen LogP contribution in [0.1, 0.15) is 12.5 Å². The Morgan fingerprint density at radius 1 is 1.07 bits per heavy atom. The first-order valence-electron chi connectivity index (χ1n) is 9.19. The van der Waals surface area contributed by atoms with Gasteiger partial charge in [0, 0.05) is 19.1 Å². The molecule has 0 radical (unpaired) electrons. The van der Waals surface area contributed by atoms with E-state index >= 15 is 0 Å². The Balaban J connectivity index is 1.68. The molecule has 0 fully saturated rings. The molecule has 10 heteroatoms. The quantitative estimate of drug-likeness (QED) is 0.612. The molecule has 156 valence electrons. The van der Waals surface area contributed by atoms with Crippen LogP contribution in [0, 0.1) is 0 Å². The van der Waals surface area contributed by atoms with Crippen molar-refractivity contribution in [1.29, 1.82) is 0 Å². The van der Waals surface area contributed by atoms with E-state index < -0.39 is 6.23 Å². The summed E-state index contributed by atoms with van der Waals surface area (Å²) in [7, 11) is 4.60. The molecule has 2 aromatic carbocycles. The summed E-state index contributed by atoms with van der Waals surface area (Å²) in [5.41, 5.74) is 2.13. The van der Waals surface area contributed by atoms with Crippen molar-refractivity contribution in [2.75, 3.05) is 21.3 Å². The maximum absolute atomic E-state index is 12.2. The number of benzene rings is 2. The number of nitrogens with zero attached hydrogens (tertiary/aromatic N) is 5. The predicted octanol–water partition coefficient (Wildman–Crippen LogP) is 2.02. The van der Waals surface area contributed by atoms with E-state index in [9.17, 15) is 4.79 Å². The second kappa shape index (κ2) is 7.90. The van der Waals surface area contributed by atoms with Gasteiger partial charge in [0.25, 0.3) is 0 Å². The van der Waals surface area contributed by atoms with E-state index in [1.165, 1.54) is 33.3 Å². The Morgan fingerprint density at radius 3 is 2.47 bits per heavy atom. The number of hydrazone groups is 1. The second-order valence-corrected chi connectivity index (χ2v) is 6.51. The van der Waals surface area contributed by atoms with Crippen molar-refractivity contribution in [3.8, 4) is 17.2 Å². The van der Waals surface area contributed by atoms with E-state index in [4.69, 9.17) is 18.9 Å². The van der Waals surface area contributed by atoms with Crippen LogP contribution in [0.15, 0.2) is 41.5 Å². The van der Waals surface area contributed by atoms with Crippen molar-refractivity contribution >= 4 is 22.8 Å². The fourth-order valence-corrected chi connectivity index (χ4v) is 3.27. The van der Waals surface area contributed by atoms with Gasteiger partial charge in [0.2, 0.25) is 18.0 Å². The van der Waals surface area contributed by atoms with Gasteiger partial charge in [-0.3, -0.25) is 4.79 Å². The van der Waals surface area contributed by atoms with Crippen molar-refractivity contribution in [3.05, 3.63) is 42.0 Å². The molecule has 1 atom stereocenters. The molecule has 0 saturated carbocycles. The third kappa shape index (κ3) is 3.36. The van der Waals surface area contributed by atoms with E-state index in [1.54, 1.807) is 16.8 Å². The van der Waals surface area contributed by atoms with Crippen molar-refractivity contribution < 1.29 is 23.7 Å². The fourth-order valence-electron chi connectivity index (χ4n) is 3.27. The second-order valence-electron chi connectivity index (χ2n) is 6.51. The Bertz CT molecular complexity index is 1130. The average molecular weight is 411 g/mol. The molecule has 2 heterocycles. The molecular weight excluding hydrogens is 390 g/mol. The van der Waals surface area contributed by atoms with Gasteiger partial charge in [0.1, 0.15) is 17.8 Å². The molecule has 0 bridgehead atoms. The number of rotatable bonds is 6. The predicted molar refractivity (Wildman–Crippen MR) is 108 cm³/mol. The number of ether oxygens (including phenoxy) is 4. The summed E-state index contributed by atoms with van der Waals surface area (Å²) >= 11 is 0. The number of carbonyl (C=O) groups is 1. The molecule has 0 aliphatic carbocycles. The minimum absolute atomic E-state index is 0.234. The van der Waals surface area contributed by atoms with E-state index in [0.29, 0.717) is 22.8 Å². The highest BCUT2D eigenvalue weighted by atomic mass is 16.5. The van der Waals surface area contributed by atoms with Crippen molar-refractivity contribution in [1.82, 2.24) is 20.0 Å². The number of hydrogen-bond donors (Lipinski definition) is 0. The number of carbonyl (C=O) groups excluding carboxylic acids is 1. The van der Waals surface area contributed by atoms with Crippen LogP contribution in [-0.4, -0.2) is 59.4 Å². The summed E-state index contributed by atoms with van der Waals surface area (Å²) in [5, 5.41) is 14.0. The molecular formula is C20H21N5O5. The number of methoxy groups -OCH3 is 3. The number of amides is 1. The Labute approximate surface area is 172 Å². The lowest BCUT2D eigenvalue weighted by Gasteiger charge is -2.19. The molecule has 30 heavy (non-hydrogen) atoms. The summed E-state index contributed by atoms with van der Waals surface area (Å²) in [5.74, 6) is 1.43. The Morgan fingerprint density at radius 2 is 1.77 bits per heavy atom. The largest absolute Gasteiger partial charge is 0.496 e. The molecule has 1 aliphatic heterocycles. The van der Waals surface area contributed by atoms with Crippen LogP contribution in [0.5, 0.6) is 17.2 Å². The highest BCUT2D eigenvalue weighted by molar-refractivity contribution is 5.99. The molecule has 0 N–H and O–H groups in total. The maximum Gasteiger partial charge on any atom is 0.244 e. The van der Waals surface area contributed by atoms with Crippen LogP contribution >= 0.6 is 0 Å². The summed E-state index contributed by atoms with van der Waals surface area (Å²) in [6.45, 7) is 1.68.